The van der Waals surface area contributed by atoms with Gasteiger partial charge in [-0.05, 0) is 32.4 Å². The quantitative estimate of drug-likeness (QED) is 0.771. The molecule has 1 atom stereocenters. The average Bonchev–Trinajstić information content (AvgIpc) is 2.91. The third kappa shape index (κ3) is 2.49. The maximum absolute atomic E-state index is 12.2. The number of rotatable bonds is 3. The van der Waals surface area contributed by atoms with Crippen molar-refractivity contribution < 1.29 is 4.79 Å². The Morgan fingerprint density at radius 1 is 1.29 bits per heavy atom. The van der Waals surface area contributed by atoms with Crippen LogP contribution in [0.3, 0.4) is 0 Å². The molecule has 21 heavy (non-hydrogen) atoms. The van der Waals surface area contributed by atoms with Crippen molar-refractivity contribution in [1.82, 2.24) is 15.3 Å². The number of aryl methyl sites for hydroxylation is 1. The van der Waals surface area contributed by atoms with Gasteiger partial charge in [-0.15, -0.1) is 0 Å². The molecule has 0 aliphatic rings. The maximum Gasteiger partial charge on any atom is 0.270 e. The van der Waals surface area contributed by atoms with E-state index in [-0.39, 0.29) is 11.9 Å². The number of carbonyl (C=O) groups excluding carboxylic acids is 1. The van der Waals surface area contributed by atoms with Gasteiger partial charge in [0.1, 0.15) is 5.69 Å². The van der Waals surface area contributed by atoms with Crippen LogP contribution in [-0.4, -0.2) is 21.9 Å². The Hall–Kier alpha value is -2.36. The lowest BCUT2D eigenvalue weighted by Crippen LogP contribution is -2.32. The summed E-state index contributed by atoms with van der Waals surface area (Å²) in [5.41, 5.74) is 3.39. The van der Waals surface area contributed by atoms with Crippen LogP contribution >= 0.6 is 0 Å². The lowest BCUT2D eigenvalue weighted by molar-refractivity contribution is 0.0935. The highest BCUT2D eigenvalue weighted by Gasteiger charge is 2.14. The van der Waals surface area contributed by atoms with Crippen molar-refractivity contribution >= 4 is 27.7 Å². The van der Waals surface area contributed by atoms with Crippen LogP contribution in [0.4, 0.5) is 0 Å². The lowest BCUT2D eigenvalue weighted by atomic mass is 10.1. The van der Waals surface area contributed by atoms with Gasteiger partial charge in [0.05, 0.1) is 11.0 Å². The number of nitrogens with zero attached hydrogens (tertiary/aromatic N) is 1. The SMILES string of the molecule is CCC(C)NC(=O)c1cc2ccc3ccc(C)[nH]c3c2n1. The molecule has 2 heterocycles. The van der Waals surface area contributed by atoms with Crippen molar-refractivity contribution in [3.05, 3.63) is 41.7 Å². The standard InChI is InChI=1S/C17H19N3O/c1-4-10(2)19-17(21)14-9-13-8-7-12-6-5-11(3)18-15(12)16(13)20-14/h5-10,18H,4H2,1-3H3,(H,19,21). The van der Waals surface area contributed by atoms with Crippen molar-refractivity contribution in [1.29, 1.82) is 0 Å². The van der Waals surface area contributed by atoms with Crippen molar-refractivity contribution in [3.8, 4) is 0 Å². The van der Waals surface area contributed by atoms with Gasteiger partial charge in [-0.25, -0.2) is 4.98 Å². The molecule has 1 unspecified atom stereocenters. The minimum atomic E-state index is -0.110. The van der Waals surface area contributed by atoms with Gasteiger partial charge >= 0.3 is 0 Å². The number of amides is 1. The fraction of sp³-hybridized carbons (Fsp3) is 0.294. The molecule has 2 aromatic heterocycles. The number of hydrogen-bond acceptors (Lipinski definition) is 2. The molecular weight excluding hydrogens is 262 g/mol. The maximum atomic E-state index is 12.2. The molecule has 108 valence electrons. The minimum absolute atomic E-state index is 0.110. The van der Waals surface area contributed by atoms with E-state index in [0.29, 0.717) is 5.69 Å². The number of fused-ring (bicyclic) bond motifs is 3. The molecule has 0 saturated carbocycles. The van der Waals surface area contributed by atoms with Crippen LogP contribution in [0.25, 0.3) is 21.8 Å². The number of H-pyrrole nitrogens is 1. The molecule has 1 amide bonds. The first-order chi connectivity index (χ1) is 10.1. The molecule has 4 heteroatoms. The Balaban J connectivity index is 2.09. The van der Waals surface area contributed by atoms with E-state index in [1.54, 1.807) is 0 Å². The summed E-state index contributed by atoms with van der Waals surface area (Å²) in [6.45, 7) is 6.05. The van der Waals surface area contributed by atoms with Gasteiger partial charge in [0, 0.05) is 22.5 Å². The van der Waals surface area contributed by atoms with Gasteiger partial charge in [-0.1, -0.05) is 25.1 Å². The molecule has 0 fully saturated rings. The average molecular weight is 281 g/mol. The fourth-order valence-corrected chi connectivity index (χ4v) is 2.40. The summed E-state index contributed by atoms with van der Waals surface area (Å²) < 4.78 is 0. The van der Waals surface area contributed by atoms with E-state index in [1.807, 2.05) is 45.0 Å². The molecule has 1 aromatic carbocycles. The molecule has 0 aliphatic heterocycles. The summed E-state index contributed by atoms with van der Waals surface area (Å²) in [6.07, 6.45) is 0.905. The third-order valence-electron chi connectivity index (χ3n) is 3.82. The molecule has 0 saturated heterocycles. The highest BCUT2D eigenvalue weighted by atomic mass is 16.1. The summed E-state index contributed by atoms with van der Waals surface area (Å²) in [5, 5.41) is 5.04. The Morgan fingerprint density at radius 2 is 2.00 bits per heavy atom. The Morgan fingerprint density at radius 3 is 2.76 bits per heavy atom. The lowest BCUT2D eigenvalue weighted by Gasteiger charge is -2.09. The fourth-order valence-electron chi connectivity index (χ4n) is 2.40. The first-order valence-electron chi connectivity index (χ1n) is 7.28. The topological polar surface area (TPSA) is 57.8 Å². The van der Waals surface area contributed by atoms with Gasteiger partial charge in [-0.3, -0.25) is 4.79 Å². The number of benzene rings is 1. The Kier molecular flexibility index (Phi) is 3.37. The van der Waals surface area contributed by atoms with Crippen LogP contribution in [0.2, 0.25) is 0 Å². The number of aromatic nitrogens is 2. The van der Waals surface area contributed by atoms with Crippen LogP contribution in [0.1, 0.15) is 36.5 Å². The molecule has 3 rings (SSSR count). The summed E-state index contributed by atoms with van der Waals surface area (Å²) in [7, 11) is 0. The molecule has 0 aliphatic carbocycles. The summed E-state index contributed by atoms with van der Waals surface area (Å²) >= 11 is 0. The predicted octanol–water partition coefficient (Wildman–Crippen LogP) is 3.55. The largest absolute Gasteiger partial charge is 0.357 e. The first kappa shape index (κ1) is 13.6. The highest BCUT2D eigenvalue weighted by molar-refractivity contribution is 6.07. The minimum Gasteiger partial charge on any atom is -0.357 e. The van der Waals surface area contributed by atoms with E-state index in [1.165, 1.54) is 0 Å². The van der Waals surface area contributed by atoms with E-state index in [4.69, 9.17) is 0 Å². The summed E-state index contributed by atoms with van der Waals surface area (Å²) in [4.78, 5) is 20.1. The Bertz CT molecular complexity index is 819. The van der Waals surface area contributed by atoms with Gasteiger partial charge in [-0.2, -0.15) is 0 Å². The van der Waals surface area contributed by atoms with Crippen LogP contribution < -0.4 is 5.32 Å². The van der Waals surface area contributed by atoms with E-state index < -0.39 is 0 Å². The smallest absolute Gasteiger partial charge is 0.270 e. The van der Waals surface area contributed by atoms with E-state index in [2.05, 4.69) is 21.4 Å². The van der Waals surface area contributed by atoms with Crippen LogP contribution in [0.5, 0.6) is 0 Å². The highest BCUT2D eigenvalue weighted by Crippen LogP contribution is 2.24. The van der Waals surface area contributed by atoms with Crippen molar-refractivity contribution in [3.63, 3.8) is 0 Å². The van der Waals surface area contributed by atoms with Crippen molar-refractivity contribution in [2.75, 3.05) is 0 Å². The van der Waals surface area contributed by atoms with E-state index in [0.717, 1.165) is 33.9 Å². The Labute approximate surface area is 123 Å². The van der Waals surface area contributed by atoms with Crippen molar-refractivity contribution in [2.24, 2.45) is 0 Å². The second-order valence-corrected chi connectivity index (χ2v) is 5.53. The molecule has 0 radical (unpaired) electrons. The van der Waals surface area contributed by atoms with Crippen LogP contribution in [0.15, 0.2) is 30.3 Å². The third-order valence-corrected chi connectivity index (χ3v) is 3.82. The van der Waals surface area contributed by atoms with Crippen LogP contribution in [-0.2, 0) is 0 Å². The van der Waals surface area contributed by atoms with Gasteiger partial charge in [0.25, 0.3) is 5.91 Å². The zero-order valence-corrected chi connectivity index (χ0v) is 12.5. The molecular formula is C17H19N3O. The number of pyridine rings is 1. The van der Waals surface area contributed by atoms with E-state index >= 15 is 0 Å². The normalized spacial score (nSPS) is 12.7. The summed E-state index contributed by atoms with van der Waals surface area (Å²) in [5.74, 6) is -0.110. The first-order valence-corrected chi connectivity index (χ1v) is 7.28. The number of aromatic amines is 1. The second kappa shape index (κ2) is 5.20. The van der Waals surface area contributed by atoms with Gasteiger partial charge < -0.3 is 10.3 Å². The number of nitrogens with one attached hydrogen (secondary N) is 2. The monoisotopic (exact) mass is 281 g/mol. The molecule has 3 aromatic rings. The zero-order chi connectivity index (χ0) is 15.0. The van der Waals surface area contributed by atoms with Gasteiger partial charge in [0.15, 0.2) is 0 Å². The second-order valence-electron chi connectivity index (χ2n) is 5.53. The predicted molar refractivity (Wildman–Crippen MR) is 85.6 cm³/mol. The van der Waals surface area contributed by atoms with E-state index in [9.17, 15) is 4.79 Å². The number of carbonyl (C=O) groups is 1. The van der Waals surface area contributed by atoms with Crippen LogP contribution in [0, 0.1) is 6.92 Å². The molecule has 0 spiro atoms. The molecule has 2 N–H and O–H groups in total. The molecule has 4 nitrogen and oxygen atoms in total. The molecule has 0 bridgehead atoms. The number of hydrogen-bond donors (Lipinski definition) is 2. The summed E-state index contributed by atoms with van der Waals surface area (Å²) in [6, 6.07) is 10.2. The zero-order valence-electron chi connectivity index (χ0n) is 12.5. The van der Waals surface area contributed by atoms with Crippen molar-refractivity contribution in [2.45, 2.75) is 33.2 Å². The van der Waals surface area contributed by atoms with Gasteiger partial charge in [0.2, 0.25) is 0 Å².